The van der Waals surface area contributed by atoms with Crippen LogP contribution < -0.4 is 10.9 Å². The Kier molecular flexibility index (Phi) is 8.14. The van der Waals surface area contributed by atoms with Gasteiger partial charge in [-0.2, -0.15) is 0 Å². The first-order valence-corrected chi connectivity index (χ1v) is 14.8. The van der Waals surface area contributed by atoms with E-state index in [9.17, 15) is 9.59 Å². The van der Waals surface area contributed by atoms with E-state index < -0.39 is 0 Å². The molecule has 0 atom stereocenters. The maximum Gasteiger partial charge on any atom is 0.258 e. The molecule has 2 aliphatic carbocycles. The van der Waals surface area contributed by atoms with Crippen molar-refractivity contribution in [3.05, 3.63) is 81.6 Å². The number of nitrogens with one attached hydrogen (secondary N) is 1. The second kappa shape index (κ2) is 11.7. The number of fused-ring (bicyclic) bond motifs is 4. The van der Waals surface area contributed by atoms with Gasteiger partial charge < -0.3 is 5.32 Å². The number of aromatic nitrogens is 2. The molecule has 6 heteroatoms. The molecule has 194 valence electrons. The number of nitrogens with zero attached hydrogens (tertiary/aromatic N) is 2. The molecular formula is C31H37N3O2S. The van der Waals surface area contributed by atoms with Crippen molar-refractivity contribution < 1.29 is 4.79 Å². The number of hydrogen-bond donors (Lipinski definition) is 1. The minimum atomic E-state index is -0.113. The van der Waals surface area contributed by atoms with Gasteiger partial charge in [0.25, 0.3) is 5.56 Å². The molecule has 1 fully saturated rings. The van der Waals surface area contributed by atoms with E-state index in [4.69, 9.17) is 4.98 Å². The molecule has 0 saturated heterocycles. The quantitative estimate of drug-likeness (QED) is 0.284. The fraction of sp³-hybridized carbons (Fsp3) is 0.452. The largest absolute Gasteiger partial charge is 0.355 e. The fourth-order valence-corrected chi connectivity index (χ4v) is 6.87. The van der Waals surface area contributed by atoms with Gasteiger partial charge in [0.05, 0.1) is 17.0 Å². The second-order valence-electron chi connectivity index (χ2n) is 10.5. The zero-order valence-corrected chi connectivity index (χ0v) is 22.6. The Bertz CT molecular complexity index is 1300. The Labute approximate surface area is 224 Å². The number of amides is 1. The predicted molar refractivity (Wildman–Crippen MR) is 151 cm³/mol. The molecule has 37 heavy (non-hydrogen) atoms. The zero-order chi connectivity index (χ0) is 25.7. The summed E-state index contributed by atoms with van der Waals surface area (Å²) in [6, 6.07) is 18.6. The average molecular weight is 516 g/mol. The highest BCUT2D eigenvalue weighted by Gasteiger charge is 2.43. The van der Waals surface area contributed by atoms with E-state index in [0.29, 0.717) is 18.2 Å². The summed E-state index contributed by atoms with van der Waals surface area (Å²) in [6.07, 6.45) is 9.31. The summed E-state index contributed by atoms with van der Waals surface area (Å²) in [7, 11) is 0. The van der Waals surface area contributed by atoms with Gasteiger partial charge in [0, 0.05) is 24.1 Å². The maximum atomic E-state index is 14.2. The fourth-order valence-electron chi connectivity index (χ4n) is 6.02. The van der Waals surface area contributed by atoms with Crippen LogP contribution >= 0.6 is 11.8 Å². The van der Waals surface area contributed by atoms with Crippen molar-refractivity contribution in [2.24, 2.45) is 0 Å². The maximum absolute atomic E-state index is 14.2. The molecule has 2 aliphatic rings. The lowest BCUT2D eigenvalue weighted by Gasteiger charge is -2.42. The van der Waals surface area contributed by atoms with Gasteiger partial charge in [0.2, 0.25) is 5.91 Å². The van der Waals surface area contributed by atoms with Crippen LogP contribution in [0.25, 0.3) is 11.3 Å². The lowest BCUT2D eigenvalue weighted by molar-refractivity contribution is -0.118. The number of thioether (sulfide) groups is 1. The van der Waals surface area contributed by atoms with E-state index in [2.05, 4.69) is 42.6 Å². The first-order chi connectivity index (χ1) is 18.1. The third kappa shape index (κ3) is 5.54. The van der Waals surface area contributed by atoms with Crippen molar-refractivity contribution in [1.82, 2.24) is 14.9 Å². The molecule has 1 heterocycles. The number of carbonyl (C=O) groups is 1. The van der Waals surface area contributed by atoms with Crippen molar-refractivity contribution in [1.29, 1.82) is 0 Å². The third-order valence-electron chi connectivity index (χ3n) is 7.92. The molecular weight excluding hydrogens is 478 g/mol. The van der Waals surface area contributed by atoms with Crippen LogP contribution in [0.15, 0.2) is 64.5 Å². The third-order valence-corrected chi connectivity index (χ3v) is 8.90. The molecule has 5 nitrogen and oxygen atoms in total. The van der Waals surface area contributed by atoms with Crippen molar-refractivity contribution in [3.8, 4) is 11.3 Å². The Morgan fingerprint density at radius 2 is 1.81 bits per heavy atom. The molecule has 0 bridgehead atoms. The Hall–Kier alpha value is -2.86. The van der Waals surface area contributed by atoms with Crippen molar-refractivity contribution >= 4 is 17.7 Å². The molecule has 0 radical (unpaired) electrons. The van der Waals surface area contributed by atoms with Gasteiger partial charge in [-0.05, 0) is 43.2 Å². The van der Waals surface area contributed by atoms with Crippen LogP contribution in [0, 0.1) is 0 Å². The number of rotatable bonds is 9. The first-order valence-electron chi connectivity index (χ1n) is 13.8. The molecule has 1 N–H and O–H groups in total. The highest BCUT2D eigenvalue weighted by molar-refractivity contribution is 7.99. The lowest BCUT2D eigenvalue weighted by atomic mass is 9.62. The highest BCUT2D eigenvalue weighted by Crippen LogP contribution is 2.48. The SMILES string of the molecule is CCCCn1c(SCC(=O)NCCc2ccccc2)nc2c(c1=O)C1(CCCCC1)Cc1ccccc1-2. The summed E-state index contributed by atoms with van der Waals surface area (Å²) in [6.45, 7) is 3.38. The van der Waals surface area contributed by atoms with Gasteiger partial charge in [-0.3, -0.25) is 14.2 Å². The normalized spacial score (nSPS) is 15.7. The van der Waals surface area contributed by atoms with E-state index in [1.165, 1.54) is 29.3 Å². The smallest absolute Gasteiger partial charge is 0.258 e. The summed E-state index contributed by atoms with van der Waals surface area (Å²) in [5.41, 5.74) is 5.37. The van der Waals surface area contributed by atoms with Crippen molar-refractivity contribution in [2.45, 2.75) is 81.8 Å². The second-order valence-corrected chi connectivity index (χ2v) is 11.4. The number of benzene rings is 2. The monoisotopic (exact) mass is 515 g/mol. The van der Waals surface area contributed by atoms with Gasteiger partial charge in [0.15, 0.2) is 5.16 Å². The minimum absolute atomic E-state index is 0.0286. The van der Waals surface area contributed by atoms with Crippen LogP contribution in [0.2, 0.25) is 0 Å². The van der Waals surface area contributed by atoms with Crippen LogP contribution in [-0.2, 0) is 29.6 Å². The molecule has 3 aromatic rings. The summed E-state index contributed by atoms with van der Waals surface area (Å²) in [5, 5.41) is 3.69. The summed E-state index contributed by atoms with van der Waals surface area (Å²) in [4.78, 5) is 32.1. The van der Waals surface area contributed by atoms with E-state index in [1.54, 1.807) is 0 Å². The Balaban J connectivity index is 1.43. The summed E-state index contributed by atoms with van der Waals surface area (Å²) in [5.74, 6) is 0.220. The number of unbranched alkanes of at least 4 members (excludes halogenated alkanes) is 1. The molecule has 0 unspecified atom stereocenters. The van der Waals surface area contributed by atoms with Gasteiger partial charge in [-0.1, -0.05) is 99.0 Å². The number of carbonyl (C=O) groups excluding carboxylic acids is 1. The molecule has 1 spiro atoms. The van der Waals surface area contributed by atoms with Crippen LogP contribution in [0.4, 0.5) is 0 Å². The molecule has 0 aliphatic heterocycles. The highest BCUT2D eigenvalue weighted by atomic mass is 32.2. The Morgan fingerprint density at radius 3 is 2.59 bits per heavy atom. The van der Waals surface area contributed by atoms with Gasteiger partial charge in [0.1, 0.15) is 0 Å². The van der Waals surface area contributed by atoms with Gasteiger partial charge in [-0.25, -0.2) is 4.98 Å². The average Bonchev–Trinajstić information content (AvgIpc) is 2.92. The van der Waals surface area contributed by atoms with Crippen molar-refractivity contribution in [3.63, 3.8) is 0 Å². The van der Waals surface area contributed by atoms with Crippen LogP contribution in [-0.4, -0.2) is 27.8 Å². The summed E-state index contributed by atoms with van der Waals surface area (Å²) >= 11 is 1.39. The zero-order valence-electron chi connectivity index (χ0n) is 21.8. The molecule has 2 aromatic carbocycles. The lowest BCUT2D eigenvalue weighted by Crippen LogP contribution is -2.43. The van der Waals surface area contributed by atoms with Crippen LogP contribution in [0.3, 0.4) is 0 Å². The van der Waals surface area contributed by atoms with Crippen molar-refractivity contribution in [2.75, 3.05) is 12.3 Å². The standard InChI is InChI=1S/C31H37N3O2S/c1-2-3-20-34-29(36)27-28(25-15-9-8-14-24(25)21-31(27)17-10-5-11-18-31)33-30(34)37-22-26(35)32-19-16-23-12-6-4-7-13-23/h4,6-9,12-15H,2-3,5,10-11,16-22H2,1H3,(H,32,35). The van der Waals surface area contributed by atoms with E-state index in [1.807, 2.05) is 28.8 Å². The van der Waals surface area contributed by atoms with E-state index in [0.717, 1.165) is 68.2 Å². The minimum Gasteiger partial charge on any atom is -0.355 e. The molecule has 1 saturated carbocycles. The number of hydrogen-bond acceptors (Lipinski definition) is 4. The topological polar surface area (TPSA) is 64.0 Å². The molecule has 1 aromatic heterocycles. The molecule has 1 amide bonds. The van der Waals surface area contributed by atoms with Gasteiger partial charge >= 0.3 is 0 Å². The van der Waals surface area contributed by atoms with Gasteiger partial charge in [-0.15, -0.1) is 0 Å². The van der Waals surface area contributed by atoms with Crippen LogP contribution in [0.5, 0.6) is 0 Å². The predicted octanol–water partition coefficient (Wildman–Crippen LogP) is 5.92. The van der Waals surface area contributed by atoms with E-state index in [-0.39, 0.29) is 22.6 Å². The Morgan fingerprint density at radius 1 is 1.05 bits per heavy atom. The van der Waals surface area contributed by atoms with E-state index >= 15 is 0 Å². The first kappa shape index (κ1) is 25.8. The summed E-state index contributed by atoms with van der Waals surface area (Å²) < 4.78 is 1.87. The van der Waals surface area contributed by atoms with Crippen LogP contribution in [0.1, 0.15) is 68.6 Å². The molecule has 5 rings (SSSR count).